The van der Waals surface area contributed by atoms with Gasteiger partial charge in [-0.05, 0) is 71.8 Å². The van der Waals surface area contributed by atoms with Crippen LogP contribution in [0.5, 0.6) is 0 Å². The predicted molar refractivity (Wildman–Crippen MR) is 133 cm³/mol. The van der Waals surface area contributed by atoms with Crippen molar-refractivity contribution < 1.29 is 18.3 Å². The van der Waals surface area contributed by atoms with Gasteiger partial charge in [0.1, 0.15) is 17.7 Å². The van der Waals surface area contributed by atoms with E-state index in [4.69, 9.17) is 10.00 Å². The van der Waals surface area contributed by atoms with Gasteiger partial charge in [0.15, 0.2) is 0 Å². The molecule has 0 saturated carbocycles. The largest absolute Gasteiger partial charge is 0.384 e. The highest BCUT2D eigenvalue weighted by Gasteiger charge is 2.34. The van der Waals surface area contributed by atoms with Crippen LogP contribution in [0, 0.1) is 23.0 Å². The monoisotopic (exact) mass is 487 g/mol. The molecule has 184 valence electrons. The molecule has 5 rings (SSSR count). The zero-order valence-electron chi connectivity index (χ0n) is 20.1. The molecule has 0 aromatic heterocycles. The quantitative estimate of drug-likeness (QED) is 0.535. The van der Waals surface area contributed by atoms with Crippen LogP contribution >= 0.6 is 0 Å². The van der Waals surface area contributed by atoms with Gasteiger partial charge in [0.05, 0.1) is 12.2 Å². The summed E-state index contributed by atoms with van der Waals surface area (Å²) in [4.78, 5) is 15.3. The van der Waals surface area contributed by atoms with Gasteiger partial charge in [-0.1, -0.05) is 24.3 Å². The summed E-state index contributed by atoms with van der Waals surface area (Å²) in [6.07, 6.45) is 2.70. The van der Waals surface area contributed by atoms with Crippen molar-refractivity contribution in [1.82, 2.24) is 10.2 Å². The molecule has 36 heavy (non-hydrogen) atoms. The lowest BCUT2D eigenvalue weighted by Gasteiger charge is -2.33. The molecule has 2 fully saturated rings. The molecule has 2 heterocycles. The first kappa shape index (κ1) is 24.1. The van der Waals surface area contributed by atoms with Crippen molar-refractivity contribution >= 4 is 5.91 Å². The smallest absolute Gasteiger partial charge is 0.253 e. The lowest BCUT2D eigenvalue weighted by atomic mass is 9.91. The fourth-order valence-corrected chi connectivity index (χ4v) is 5.22. The maximum Gasteiger partial charge on any atom is 0.253 e. The van der Waals surface area contributed by atoms with Crippen LogP contribution in [0.4, 0.5) is 8.78 Å². The third-order valence-electron chi connectivity index (χ3n) is 7.09. The molecule has 0 aliphatic carbocycles. The van der Waals surface area contributed by atoms with E-state index in [1.165, 1.54) is 18.2 Å². The Morgan fingerprint density at radius 1 is 1.00 bits per heavy atom. The maximum atomic E-state index is 15.3. The minimum absolute atomic E-state index is 0.0718. The van der Waals surface area contributed by atoms with E-state index in [0.29, 0.717) is 66.0 Å². The van der Waals surface area contributed by atoms with Gasteiger partial charge in [0.25, 0.3) is 5.91 Å². The molecule has 3 aromatic carbocycles. The number of amides is 1. The number of carbonyl (C=O) groups excluding carboxylic acids is 1. The molecule has 3 aromatic rings. The van der Waals surface area contributed by atoms with E-state index in [2.05, 4.69) is 5.32 Å². The van der Waals surface area contributed by atoms with Crippen molar-refractivity contribution in [3.63, 3.8) is 0 Å². The lowest BCUT2D eigenvalue weighted by Crippen LogP contribution is -2.53. The first-order chi connectivity index (χ1) is 17.5. The molecule has 2 atom stereocenters. The van der Waals surface area contributed by atoms with Gasteiger partial charge in [-0.3, -0.25) is 4.79 Å². The second-order valence-corrected chi connectivity index (χ2v) is 9.47. The van der Waals surface area contributed by atoms with Gasteiger partial charge in [-0.25, -0.2) is 8.78 Å². The van der Waals surface area contributed by atoms with Crippen molar-refractivity contribution in [3.05, 3.63) is 82.9 Å². The molecular formula is C29H27F2N3O2. The standard InChI is InChI=1S/C29H27F2N3O2/c1-36-11-10-18-2-8-25(28(31)12-18)24-9-5-20(29(35)34-16-22-6-7-23(17-34)33-22)13-26(24)19-3-4-21(15-32)27(30)14-19/h2-5,8-9,12-14,22-23,33H,6-7,10-11,16-17H2,1H3. The van der Waals surface area contributed by atoms with E-state index in [0.717, 1.165) is 18.4 Å². The summed E-state index contributed by atoms with van der Waals surface area (Å²) in [5, 5.41) is 12.7. The van der Waals surface area contributed by atoms with Crippen molar-refractivity contribution in [1.29, 1.82) is 5.26 Å². The first-order valence-electron chi connectivity index (χ1n) is 12.1. The predicted octanol–water partition coefficient (Wildman–Crippen LogP) is 4.94. The van der Waals surface area contributed by atoms with Crippen molar-refractivity contribution in [2.24, 2.45) is 0 Å². The highest BCUT2D eigenvalue weighted by atomic mass is 19.1. The van der Waals surface area contributed by atoms with Crippen LogP contribution in [0.25, 0.3) is 22.3 Å². The third-order valence-corrected chi connectivity index (χ3v) is 7.09. The molecule has 2 aliphatic rings. The second-order valence-electron chi connectivity index (χ2n) is 9.47. The fraction of sp³-hybridized carbons (Fsp3) is 0.310. The summed E-state index contributed by atoms with van der Waals surface area (Å²) in [6.45, 7) is 1.78. The van der Waals surface area contributed by atoms with E-state index in [1.54, 1.807) is 37.4 Å². The summed E-state index contributed by atoms with van der Waals surface area (Å²) < 4.78 is 34.9. The molecule has 0 spiro atoms. The van der Waals surface area contributed by atoms with Gasteiger partial charge in [-0.2, -0.15) is 5.26 Å². The Morgan fingerprint density at radius 3 is 2.42 bits per heavy atom. The Balaban J connectivity index is 1.56. The molecule has 7 heteroatoms. The van der Waals surface area contributed by atoms with Crippen LogP contribution in [0.1, 0.15) is 34.3 Å². The van der Waals surface area contributed by atoms with Gasteiger partial charge in [0, 0.05) is 43.4 Å². The number of methoxy groups -OCH3 is 1. The Kier molecular flexibility index (Phi) is 6.82. The van der Waals surface area contributed by atoms with Crippen LogP contribution in [-0.2, 0) is 11.2 Å². The molecule has 1 amide bonds. The number of hydrogen-bond donors (Lipinski definition) is 1. The zero-order chi connectivity index (χ0) is 25.2. The average Bonchev–Trinajstić information content (AvgIpc) is 3.23. The molecule has 2 unspecified atom stereocenters. The summed E-state index contributed by atoms with van der Waals surface area (Å²) >= 11 is 0. The van der Waals surface area contributed by atoms with Crippen LogP contribution in [0.2, 0.25) is 0 Å². The SMILES string of the molecule is COCCc1ccc(-c2ccc(C(=O)N3CC4CCC(C3)N4)cc2-c2ccc(C#N)c(F)c2)c(F)c1. The number of hydrogen-bond acceptors (Lipinski definition) is 4. The van der Waals surface area contributed by atoms with Gasteiger partial charge >= 0.3 is 0 Å². The molecular weight excluding hydrogens is 460 g/mol. The Bertz CT molecular complexity index is 1340. The number of nitrogens with one attached hydrogen (secondary N) is 1. The second kappa shape index (κ2) is 10.2. The number of nitriles is 1. The van der Waals surface area contributed by atoms with Gasteiger partial charge in [0.2, 0.25) is 0 Å². The molecule has 0 radical (unpaired) electrons. The van der Waals surface area contributed by atoms with E-state index in [1.807, 2.05) is 17.0 Å². The molecule has 5 nitrogen and oxygen atoms in total. The van der Waals surface area contributed by atoms with Crippen LogP contribution in [0.3, 0.4) is 0 Å². The Labute approximate surface area is 209 Å². The number of halogens is 2. The molecule has 2 saturated heterocycles. The number of likely N-dealkylation sites (tertiary alicyclic amines) is 1. The first-order valence-corrected chi connectivity index (χ1v) is 12.1. The molecule has 2 aliphatic heterocycles. The number of piperazine rings is 1. The highest BCUT2D eigenvalue weighted by Crippen LogP contribution is 2.36. The minimum Gasteiger partial charge on any atom is -0.384 e. The lowest BCUT2D eigenvalue weighted by molar-refractivity contribution is 0.0697. The number of ether oxygens (including phenoxy) is 1. The van der Waals surface area contributed by atoms with Gasteiger partial charge < -0.3 is 15.0 Å². The van der Waals surface area contributed by atoms with E-state index < -0.39 is 11.6 Å². The van der Waals surface area contributed by atoms with Crippen LogP contribution in [-0.4, -0.2) is 49.7 Å². The number of nitrogens with zero attached hydrogens (tertiary/aromatic N) is 2. The normalized spacial score (nSPS) is 18.8. The van der Waals surface area contributed by atoms with E-state index in [9.17, 15) is 9.18 Å². The molecule has 1 N–H and O–H groups in total. The van der Waals surface area contributed by atoms with Crippen LogP contribution < -0.4 is 5.32 Å². The summed E-state index contributed by atoms with van der Waals surface area (Å²) in [5.74, 6) is -1.16. The van der Waals surface area contributed by atoms with E-state index in [-0.39, 0.29) is 11.5 Å². The fourth-order valence-electron chi connectivity index (χ4n) is 5.22. The summed E-state index contributed by atoms with van der Waals surface area (Å²) in [5.41, 5.74) is 3.12. The average molecular weight is 488 g/mol. The Morgan fingerprint density at radius 2 is 1.75 bits per heavy atom. The summed E-state index contributed by atoms with van der Waals surface area (Å²) in [6, 6.07) is 16.9. The molecule has 2 bridgehead atoms. The van der Waals surface area contributed by atoms with Crippen molar-refractivity contribution in [3.8, 4) is 28.3 Å². The zero-order valence-corrected chi connectivity index (χ0v) is 20.1. The van der Waals surface area contributed by atoms with E-state index >= 15 is 4.39 Å². The minimum atomic E-state index is -0.660. The third kappa shape index (κ3) is 4.75. The van der Waals surface area contributed by atoms with Gasteiger partial charge in [-0.15, -0.1) is 0 Å². The van der Waals surface area contributed by atoms with Crippen molar-refractivity contribution in [2.45, 2.75) is 31.3 Å². The van der Waals surface area contributed by atoms with Crippen LogP contribution in [0.15, 0.2) is 54.6 Å². The number of rotatable bonds is 6. The number of carbonyl (C=O) groups is 1. The Hall–Kier alpha value is -3.60. The summed E-state index contributed by atoms with van der Waals surface area (Å²) in [7, 11) is 1.60. The topological polar surface area (TPSA) is 65.4 Å². The highest BCUT2D eigenvalue weighted by molar-refractivity contribution is 5.98. The maximum absolute atomic E-state index is 15.3. The number of fused-ring (bicyclic) bond motifs is 2. The number of benzene rings is 3. The van der Waals surface area contributed by atoms with Crippen molar-refractivity contribution in [2.75, 3.05) is 26.8 Å².